The van der Waals surface area contributed by atoms with Gasteiger partial charge in [0.2, 0.25) is 5.91 Å². The van der Waals surface area contributed by atoms with Crippen molar-refractivity contribution in [2.24, 2.45) is 0 Å². The number of benzene rings is 1. The van der Waals surface area contributed by atoms with E-state index in [1.54, 1.807) is 7.11 Å². The predicted molar refractivity (Wildman–Crippen MR) is 118 cm³/mol. The van der Waals surface area contributed by atoms with Gasteiger partial charge in [0.05, 0.1) is 12.4 Å². The Kier molecular flexibility index (Phi) is 9.87. The fraction of sp³-hybridized carbons (Fsp3) is 0.667. The first-order valence-corrected chi connectivity index (χ1v) is 11.7. The van der Waals surface area contributed by atoms with E-state index in [-0.39, 0.29) is 11.2 Å². The van der Waals surface area contributed by atoms with E-state index in [0.29, 0.717) is 10.5 Å². The van der Waals surface area contributed by atoms with Gasteiger partial charge in [-0.1, -0.05) is 25.0 Å². The average molecular weight is 411 g/mol. The first kappa shape index (κ1) is 22.4. The lowest BCUT2D eigenvalue weighted by atomic mass is 10.00. The Bertz CT molecular complexity index is 583. The first-order chi connectivity index (χ1) is 13.0. The van der Waals surface area contributed by atoms with Crippen molar-refractivity contribution in [2.45, 2.75) is 59.7 Å². The van der Waals surface area contributed by atoms with Crippen molar-refractivity contribution in [3.8, 4) is 5.75 Å². The van der Waals surface area contributed by atoms with Crippen LogP contribution in [0.3, 0.4) is 0 Å². The van der Waals surface area contributed by atoms with Gasteiger partial charge in [-0.2, -0.15) is 0 Å². The van der Waals surface area contributed by atoms with E-state index in [2.05, 4.69) is 36.4 Å². The van der Waals surface area contributed by atoms with Gasteiger partial charge in [-0.3, -0.25) is 4.79 Å². The van der Waals surface area contributed by atoms with Crippen molar-refractivity contribution in [2.75, 3.05) is 34.3 Å². The Balaban J connectivity index is 1.87. The van der Waals surface area contributed by atoms with Gasteiger partial charge in [0.1, 0.15) is 5.75 Å². The van der Waals surface area contributed by atoms with E-state index in [1.807, 2.05) is 42.6 Å². The molecule has 0 bridgehead atoms. The minimum atomic E-state index is -0.00627. The topological polar surface area (TPSA) is 41.6 Å². The zero-order valence-electron chi connectivity index (χ0n) is 17.1. The molecule has 0 saturated heterocycles. The van der Waals surface area contributed by atoms with Gasteiger partial charge >= 0.3 is 0 Å². The van der Waals surface area contributed by atoms with Gasteiger partial charge in [-0.15, -0.1) is 23.5 Å². The van der Waals surface area contributed by atoms with Gasteiger partial charge in [-0.25, -0.2) is 0 Å². The number of hydrogen-bond donors (Lipinski definition) is 1. The van der Waals surface area contributed by atoms with Crippen LogP contribution < -0.4 is 10.1 Å². The van der Waals surface area contributed by atoms with E-state index in [0.717, 1.165) is 25.3 Å². The number of amides is 1. The monoisotopic (exact) mass is 410 g/mol. The van der Waals surface area contributed by atoms with Crippen LogP contribution in [-0.4, -0.2) is 60.9 Å². The van der Waals surface area contributed by atoms with Gasteiger partial charge in [0, 0.05) is 21.9 Å². The molecule has 0 radical (unpaired) electrons. The molecule has 2 rings (SSSR count). The van der Waals surface area contributed by atoms with E-state index >= 15 is 0 Å². The van der Waals surface area contributed by atoms with Gasteiger partial charge < -0.3 is 15.0 Å². The summed E-state index contributed by atoms with van der Waals surface area (Å²) >= 11 is 3.77. The van der Waals surface area contributed by atoms with Gasteiger partial charge in [-0.05, 0) is 59.0 Å². The molecule has 3 unspecified atom stereocenters. The molecule has 3 atom stereocenters. The number of carbonyl (C=O) groups excluding carboxylic acids is 1. The number of ether oxygens (including phenoxy) is 1. The molecule has 1 fully saturated rings. The lowest BCUT2D eigenvalue weighted by molar-refractivity contribution is -0.120. The molecule has 4 nitrogen and oxygen atoms in total. The maximum absolute atomic E-state index is 12.5. The molecule has 0 heterocycles. The quantitative estimate of drug-likeness (QED) is 0.583. The van der Waals surface area contributed by atoms with E-state index in [9.17, 15) is 4.79 Å². The van der Waals surface area contributed by atoms with Crippen molar-refractivity contribution >= 4 is 29.4 Å². The third-order valence-electron chi connectivity index (χ3n) is 4.82. The third-order valence-corrected chi connectivity index (χ3v) is 7.99. The van der Waals surface area contributed by atoms with Crippen LogP contribution in [0.4, 0.5) is 0 Å². The zero-order chi connectivity index (χ0) is 19.6. The van der Waals surface area contributed by atoms with Crippen molar-refractivity contribution in [3.05, 3.63) is 24.3 Å². The second-order valence-corrected chi connectivity index (χ2v) is 10.2. The lowest BCUT2D eigenvalue weighted by Gasteiger charge is -2.32. The number of thioether (sulfide) groups is 2. The fourth-order valence-electron chi connectivity index (χ4n) is 3.31. The summed E-state index contributed by atoms with van der Waals surface area (Å²) < 4.78 is 5.52. The van der Waals surface area contributed by atoms with Crippen LogP contribution in [-0.2, 0) is 4.79 Å². The maximum atomic E-state index is 12.5. The highest BCUT2D eigenvalue weighted by Gasteiger charge is 2.30. The Labute approximate surface area is 173 Å². The molecule has 1 aliphatic carbocycles. The van der Waals surface area contributed by atoms with Crippen LogP contribution in [0.15, 0.2) is 29.2 Å². The molecule has 1 saturated carbocycles. The summed E-state index contributed by atoms with van der Waals surface area (Å²) in [5, 5.41) is 4.13. The second kappa shape index (κ2) is 11.9. The summed E-state index contributed by atoms with van der Waals surface area (Å²) in [7, 11) is 5.85. The summed E-state index contributed by atoms with van der Waals surface area (Å²) in [5.74, 6) is 1.12. The van der Waals surface area contributed by atoms with E-state index in [4.69, 9.17) is 4.74 Å². The van der Waals surface area contributed by atoms with E-state index in [1.165, 1.54) is 30.6 Å². The molecule has 0 spiro atoms. The highest BCUT2D eigenvalue weighted by Crippen LogP contribution is 2.43. The summed E-state index contributed by atoms with van der Waals surface area (Å²) in [6, 6.07) is 8.25. The van der Waals surface area contributed by atoms with Crippen molar-refractivity contribution < 1.29 is 9.53 Å². The largest absolute Gasteiger partial charge is 0.496 e. The molecule has 1 aromatic carbocycles. The highest BCUT2D eigenvalue weighted by atomic mass is 32.2. The molecule has 152 valence electrons. The van der Waals surface area contributed by atoms with Crippen LogP contribution in [0.2, 0.25) is 0 Å². The van der Waals surface area contributed by atoms with Crippen LogP contribution >= 0.6 is 23.5 Å². The molecule has 1 N–H and O–H groups in total. The van der Waals surface area contributed by atoms with Crippen LogP contribution in [0, 0.1) is 0 Å². The standard InChI is InChI=1S/C21H34N2O2S2/c1-16(21(24)22-14-9-15-23(2)3)26-19-12-7-8-13-20(19)27-18-11-6-5-10-17(18)25-4/h5-6,10-11,16,19-20H,7-9,12-15H2,1-4H3,(H,22,24). The highest BCUT2D eigenvalue weighted by molar-refractivity contribution is 8.04. The number of para-hydroxylation sites is 1. The molecule has 1 amide bonds. The SMILES string of the molecule is COc1ccccc1SC1CCCCC1SC(C)C(=O)NCCCN(C)C. The summed E-state index contributed by atoms with van der Waals surface area (Å²) in [4.78, 5) is 15.8. The number of rotatable bonds is 10. The molecule has 0 aromatic heterocycles. The minimum absolute atomic E-state index is 0.00627. The molecular formula is C21H34N2O2S2. The van der Waals surface area contributed by atoms with Crippen LogP contribution in [0.25, 0.3) is 0 Å². The number of nitrogens with zero attached hydrogens (tertiary/aromatic N) is 1. The summed E-state index contributed by atoms with van der Waals surface area (Å²) in [6.45, 7) is 3.80. The van der Waals surface area contributed by atoms with Crippen LogP contribution in [0.1, 0.15) is 39.0 Å². The minimum Gasteiger partial charge on any atom is -0.496 e. The van der Waals surface area contributed by atoms with Crippen molar-refractivity contribution in [3.63, 3.8) is 0 Å². The molecular weight excluding hydrogens is 376 g/mol. The molecule has 1 aromatic rings. The third kappa shape index (κ3) is 7.59. The molecule has 6 heteroatoms. The number of nitrogens with one attached hydrogen (secondary N) is 1. The maximum Gasteiger partial charge on any atom is 0.232 e. The second-order valence-electron chi connectivity index (χ2n) is 7.36. The Morgan fingerprint density at radius 1 is 1.26 bits per heavy atom. The zero-order valence-corrected chi connectivity index (χ0v) is 18.7. The lowest BCUT2D eigenvalue weighted by Crippen LogP contribution is -2.35. The normalized spacial score (nSPS) is 21.1. The number of methoxy groups -OCH3 is 1. The molecule has 0 aliphatic heterocycles. The van der Waals surface area contributed by atoms with E-state index < -0.39 is 0 Å². The Hall–Kier alpha value is -0.850. The number of hydrogen-bond acceptors (Lipinski definition) is 5. The number of carbonyl (C=O) groups is 1. The summed E-state index contributed by atoms with van der Waals surface area (Å²) in [6.07, 6.45) is 5.92. The average Bonchev–Trinajstić information content (AvgIpc) is 2.66. The van der Waals surface area contributed by atoms with Gasteiger partial charge in [0.15, 0.2) is 0 Å². The van der Waals surface area contributed by atoms with Crippen molar-refractivity contribution in [1.29, 1.82) is 0 Å². The summed E-state index contributed by atoms with van der Waals surface area (Å²) in [5.41, 5.74) is 0. The smallest absolute Gasteiger partial charge is 0.232 e. The predicted octanol–water partition coefficient (Wildman–Crippen LogP) is 4.29. The van der Waals surface area contributed by atoms with Crippen LogP contribution in [0.5, 0.6) is 5.75 Å². The Morgan fingerprint density at radius 2 is 1.96 bits per heavy atom. The molecule has 1 aliphatic rings. The first-order valence-electron chi connectivity index (χ1n) is 9.89. The van der Waals surface area contributed by atoms with Crippen molar-refractivity contribution in [1.82, 2.24) is 10.2 Å². The fourth-order valence-corrected chi connectivity index (χ4v) is 6.33. The molecule has 27 heavy (non-hydrogen) atoms. The Morgan fingerprint density at radius 3 is 2.67 bits per heavy atom. The van der Waals surface area contributed by atoms with Gasteiger partial charge in [0.25, 0.3) is 0 Å².